The van der Waals surface area contributed by atoms with Crippen LogP contribution in [0.15, 0.2) is 24.3 Å². The van der Waals surface area contributed by atoms with Crippen LogP contribution in [0.1, 0.15) is 26.3 Å². The molecule has 3 N–H and O–H groups in total. The van der Waals surface area contributed by atoms with Gasteiger partial charge in [0.2, 0.25) is 0 Å². The summed E-state index contributed by atoms with van der Waals surface area (Å²) in [6.07, 6.45) is 0.642. The van der Waals surface area contributed by atoms with Crippen LogP contribution in [0.25, 0.3) is 0 Å². The highest BCUT2D eigenvalue weighted by Crippen LogP contribution is 2.06. The maximum absolute atomic E-state index is 9.95. The molecule has 0 saturated carbocycles. The maximum Gasteiger partial charge on any atom is 0.348 e. The second-order valence-corrected chi connectivity index (χ2v) is 4.90. The molecular weight excluding hydrogens is 399 g/mol. The van der Waals surface area contributed by atoms with E-state index in [1.807, 2.05) is 12.1 Å². The Balaban J connectivity index is 0. The van der Waals surface area contributed by atoms with Gasteiger partial charge in [-0.1, -0.05) is 12.1 Å². The fraction of sp³-hybridized carbons (Fsp3) is 0.400. The summed E-state index contributed by atoms with van der Waals surface area (Å²) in [5.41, 5.74) is 6.61. The molecule has 1 aromatic rings. The molecule has 1 aromatic carbocycles. The highest BCUT2D eigenvalue weighted by Gasteiger charge is 1.88. The lowest BCUT2D eigenvalue weighted by Crippen LogP contribution is -2.02. The van der Waals surface area contributed by atoms with Crippen LogP contribution in [0.2, 0.25) is 0 Å². The summed E-state index contributed by atoms with van der Waals surface area (Å²) in [5, 5.41) is 6.31. The first-order valence-electron chi connectivity index (χ1n) is 6.66. The number of hydrogen-bond acceptors (Lipinski definition) is 6. The van der Waals surface area contributed by atoms with Crippen molar-refractivity contribution < 1.29 is 19.1 Å². The van der Waals surface area contributed by atoms with E-state index >= 15 is 0 Å². The van der Waals surface area contributed by atoms with Gasteiger partial charge >= 0.3 is 11.9 Å². The molecule has 0 heterocycles. The van der Waals surface area contributed by atoms with Crippen LogP contribution in [0, 0.1) is 8.98 Å². The average Bonchev–Trinajstić information content (AvgIpc) is 2.48. The summed E-state index contributed by atoms with van der Waals surface area (Å²) in [6.45, 7) is 6.33. The Morgan fingerprint density at radius 3 is 2.09 bits per heavy atom. The van der Waals surface area contributed by atoms with Gasteiger partial charge in [0.05, 0.1) is 13.2 Å². The zero-order valence-electron chi connectivity index (χ0n) is 13.1. The summed E-state index contributed by atoms with van der Waals surface area (Å²) in [4.78, 5) is 19.8. The van der Waals surface area contributed by atoms with Gasteiger partial charge in [-0.2, -0.15) is 0 Å². The second-order valence-electron chi connectivity index (χ2n) is 3.66. The molecule has 6 nitrogen and oxygen atoms in total. The number of benzene rings is 1. The van der Waals surface area contributed by atoms with E-state index in [0.29, 0.717) is 26.0 Å². The number of nitrogens with two attached hydrogens (primary N) is 1. The summed E-state index contributed by atoms with van der Waals surface area (Å²) in [6, 6.07) is 8.19. The van der Waals surface area contributed by atoms with E-state index in [-0.39, 0.29) is 5.97 Å². The highest BCUT2D eigenvalue weighted by atomic mass is 127. The molecule has 0 unspecified atom stereocenters. The number of nitrogens with one attached hydrogen (secondary N) is 1. The molecule has 22 heavy (non-hydrogen) atoms. The molecule has 0 aliphatic rings. The summed E-state index contributed by atoms with van der Waals surface area (Å²) < 4.78 is 9.96. The Kier molecular flexibility index (Phi) is 16.5. The number of rotatable bonds is 4. The van der Waals surface area contributed by atoms with Gasteiger partial charge in [-0.15, -0.1) is 0 Å². The monoisotopic (exact) mass is 422 g/mol. The summed E-state index contributed by atoms with van der Waals surface area (Å²) in [5.74, 6) is -0.792. The maximum atomic E-state index is 9.95. The van der Waals surface area contributed by atoms with Crippen LogP contribution in [-0.4, -0.2) is 31.4 Å². The van der Waals surface area contributed by atoms with E-state index < -0.39 is 5.97 Å². The molecule has 0 amide bonds. The van der Waals surface area contributed by atoms with Crippen LogP contribution >= 0.6 is 22.6 Å². The quantitative estimate of drug-likeness (QED) is 0.441. The fourth-order valence-corrected chi connectivity index (χ4v) is 1.66. The van der Waals surface area contributed by atoms with E-state index in [4.69, 9.17) is 11.1 Å². The molecule has 124 valence electrons. The Labute approximate surface area is 145 Å². The van der Waals surface area contributed by atoms with E-state index in [9.17, 15) is 9.59 Å². The van der Waals surface area contributed by atoms with E-state index in [1.54, 1.807) is 13.8 Å². The van der Waals surface area contributed by atoms with Crippen molar-refractivity contribution in [1.29, 1.82) is 5.41 Å². The van der Waals surface area contributed by atoms with Gasteiger partial charge in [0, 0.05) is 17.0 Å². The summed E-state index contributed by atoms with van der Waals surface area (Å²) in [7, 11) is 0. The lowest BCUT2D eigenvalue weighted by Gasteiger charge is -1.94. The van der Waals surface area contributed by atoms with Crippen LogP contribution < -0.4 is 5.73 Å². The number of halogens is 1. The van der Waals surface area contributed by atoms with Crippen molar-refractivity contribution in [3.8, 4) is 0 Å². The molecule has 1 rings (SSSR count). The van der Waals surface area contributed by atoms with Crippen LogP contribution in [-0.2, 0) is 25.6 Å². The molecule has 0 spiro atoms. The zero-order chi connectivity index (χ0) is 17.4. The first-order valence-corrected chi connectivity index (χ1v) is 7.74. The number of carbonyl (C=O) groups is 2. The molecule has 0 fully saturated rings. The third kappa shape index (κ3) is 16.6. The number of esters is 2. The average molecular weight is 422 g/mol. The Bertz CT molecular complexity index is 453. The van der Waals surface area contributed by atoms with Crippen molar-refractivity contribution in [3.63, 3.8) is 0 Å². The van der Waals surface area contributed by atoms with Gasteiger partial charge in [0.25, 0.3) is 0 Å². The predicted octanol–water partition coefficient (Wildman–Crippen LogP) is 2.52. The zero-order valence-corrected chi connectivity index (χ0v) is 15.3. The van der Waals surface area contributed by atoms with Gasteiger partial charge in [-0.05, 0) is 54.1 Å². The fourth-order valence-electron chi connectivity index (χ4n) is 1.05. The van der Waals surface area contributed by atoms with Gasteiger partial charge < -0.3 is 20.6 Å². The van der Waals surface area contributed by atoms with E-state index in [0.717, 1.165) is 0 Å². The molecule has 0 aliphatic heterocycles. The molecule has 0 saturated heterocycles. The lowest BCUT2D eigenvalue weighted by molar-refractivity contribution is -0.140. The first-order chi connectivity index (χ1) is 10.4. The standard InChI is InChI=1S/C7H8IN.C4H7NO2.C4H8O2/c8-7-3-1-2-6(4-7)5-9;1-2-7-4(6)3-5;1-3-6-4(2)5/h1-4H,5,9H2;3,5H,2H2,1H3;3H2,1-2H3. The molecule has 0 radical (unpaired) electrons. The van der Waals surface area contributed by atoms with Crippen molar-refractivity contribution >= 4 is 40.7 Å². The minimum absolute atomic E-state index is 0.211. The normalized spacial score (nSPS) is 8.41. The smallest absolute Gasteiger partial charge is 0.348 e. The highest BCUT2D eigenvalue weighted by molar-refractivity contribution is 14.1. The SMILES string of the molecule is CCOC(=O)C=N.CCOC(C)=O.NCc1cccc(I)c1. The van der Waals surface area contributed by atoms with Crippen molar-refractivity contribution in [1.82, 2.24) is 0 Å². The molecule has 0 atom stereocenters. The van der Waals surface area contributed by atoms with Crippen molar-refractivity contribution in [2.75, 3.05) is 13.2 Å². The molecule has 0 aliphatic carbocycles. The Morgan fingerprint density at radius 2 is 1.86 bits per heavy atom. The van der Waals surface area contributed by atoms with Gasteiger partial charge in [-0.3, -0.25) is 4.79 Å². The lowest BCUT2D eigenvalue weighted by atomic mass is 10.2. The molecule has 7 heteroatoms. The molecular formula is C15H23IN2O4. The van der Waals surface area contributed by atoms with Crippen molar-refractivity contribution in [3.05, 3.63) is 33.4 Å². The Hall–Kier alpha value is -1.48. The first kappa shape index (κ1) is 22.8. The number of carbonyl (C=O) groups excluding carboxylic acids is 2. The molecule has 0 bridgehead atoms. The minimum Gasteiger partial charge on any atom is -0.466 e. The van der Waals surface area contributed by atoms with Gasteiger partial charge in [0.1, 0.15) is 6.21 Å². The third-order valence-corrected chi connectivity index (χ3v) is 2.55. The van der Waals surface area contributed by atoms with Crippen LogP contribution in [0.3, 0.4) is 0 Å². The second kappa shape index (κ2) is 15.9. The van der Waals surface area contributed by atoms with E-state index in [2.05, 4.69) is 44.2 Å². The van der Waals surface area contributed by atoms with Gasteiger partial charge in [-0.25, -0.2) is 4.79 Å². The van der Waals surface area contributed by atoms with Crippen LogP contribution in [0.4, 0.5) is 0 Å². The van der Waals surface area contributed by atoms with E-state index in [1.165, 1.54) is 16.1 Å². The minimum atomic E-state index is -0.581. The summed E-state index contributed by atoms with van der Waals surface area (Å²) >= 11 is 2.27. The van der Waals surface area contributed by atoms with Crippen molar-refractivity contribution in [2.45, 2.75) is 27.3 Å². The van der Waals surface area contributed by atoms with Gasteiger partial charge in [0.15, 0.2) is 0 Å². The van der Waals surface area contributed by atoms with Crippen LogP contribution in [0.5, 0.6) is 0 Å². The van der Waals surface area contributed by atoms with Crippen molar-refractivity contribution in [2.24, 2.45) is 5.73 Å². The third-order valence-electron chi connectivity index (χ3n) is 1.88. The number of ether oxygens (including phenoxy) is 2. The predicted molar refractivity (Wildman–Crippen MR) is 94.8 cm³/mol. The Morgan fingerprint density at radius 1 is 1.27 bits per heavy atom. The number of hydrogen-bond donors (Lipinski definition) is 2. The largest absolute Gasteiger partial charge is 0.466 e. The molecule has 0 aromatic heterocycles. The topological polar surface area (TPSA) is 102 Å².